The number of hydrogen-bond acceptors (Lipinski definition) is 4. The summed E-state index contributed by atoms with van der Waals surface area (Å²) in [7, 11) is 1.66. The van der Waals surface area contributed by atoms with Gasteiger partial charge in [0.1, 0.15) is 0 Å². The van der Waals surface area contributed by atoms with E-state index in [4.69, 9.17) is 9.47 Å². The van der Waals surface area contributed by atoms with Gasteiger partial charge in [-0.15, -0.1) is 0 Å². The summed E-state index contributed by atoms with van der Waals surface area (Å²) in [5, 5.41) is 7.61. The second-order valence-corrected chi connectivity index (χ2v) is 4.47. The predicted molar refractivity (Wildman–Crippen MR) is 78.3 cm³/mol. The Kier molecular flexibility index (Phi) is 5.71. The van der Waals surface area contributed by atoms with Crippen LogP contribution in [0.5, 0.6) is 5.75 Å². The lowest BCUT2D eigenvalue weighted by atomic mass is 10.3. The molecule has 2 rings (SSSR count). The van der Waals surface area contributed by atoms with Crippen molar-refractivity contribution in [2.75, 3.05) is 26.9 Å². The second-order valence-electron chi connectivity index (χ2n) is 4.47. The van der Waals surface area contributed by atoms with Crippen LogP contribution < -0.4 is 10.1 Å². The Morgan fingerprint density at radius 1 is 1.33 bits per heavy atom. The number of hydrogen-bond donors (Lipinski definition) is 1. The van der Waals surface area contributed by atoms with E-state index in [0.717, 1.165) is 12.2 Å². The number of halogens is 1. The van der Waals surface area contributed by atoms with Crippen molar-refractivity contribution >= 4 is 0 Å². The monoisotopic (exact) mass is 293 g/mol. The fourth-order valence-electron chi connectivity index (χ4n) is 1.90. The minimum Gasteiger partial charge on any atom is -0.491 e. The molecule has 114 valence electrons. The molecule has 1 aromatic carbocycles. The zero-order valence-corrected chi connectivity index (χ0v) is 12.3. The largest absolute Gasteiger partial charge is 0.491 e. The van der Waals surface area contributed by atoms with Gasteiger partial charge in [0.2, 0.25) is 0 Å². The second kappa shape index (κ2) is 7.75. The SMILES string of the molecule is CCOc1ccc(-n2ccc(CNCCOC)n2)cc1F. The molecule has 0 aliphatic carbocycles. The number of nitrogens with one attached hydrogen (secondary N) is 1. The molecule has 5 nitrogen and oxygen atoms in total. The van der Waals surface area contributed by atoms with E-state index < -0.39 is 0 Å². The summed E-state index contributed by atoms with van der Waals surface area (Å²) in [4.78, 5) is 0. The van der Waals surface area contributed by atoms with Gasteiger partial charge in [-0.25, -0.2) is 9.07 Å². The first-order valence-corrected chi connectivity index (χ1v) is 6.91. The molecule has 2 aromatic rings. The third-order valence-corrected chi connectivity index (χ3v) is 2.91. The van der Waals surface area contributed by atoms with E-state index in [1.807, 2.05) is 19.2 Å². The topological polar surface area (TPSA) is 48.3 Å². The lowest BCUT2D eigenvalue weighted by Crippen LogP contribution is -2.18. The third kappa shape index (κ3) is 4.27. The molecular formula is C15H20FN3O2. The van der Waals surface area contributed by atoms with Gasteiger partial charge in [-0.2, -0.15) is 5.10 Å². The summed E-state index contributed by atoms with van der Waals surface area (Å²) >= 11 is 0. The normalized spacial score (nSPS) is 10.8. The molecule has 0 unspecified atom stereocenters. The number of rotatable bonds is 8. The molecule has 1 heterocycles. The van der Waals surface area contributed by atoms with E-state index in [0.29, 0.717) is 25.4 Å². The molecule has 0 saturated heterocycles. The summed E-state index contributed by atoms with van der Waals surface area (Å²) in [5.74, 6) is -0.125. The van der Waals surface area contributed by atoms with Crippen molar-refractivity contribution < 1.29 is 13.9 Å². The van der Waals surface area contributed by atoms with E-state index in [1.165, 1.54) is 6.07 Å². The van der Waals surface area contributed by atoms with Crippen molar-refractivity contribution in [1.82, 2.24) is 15.1 Å². The van der Waals surface area contributed by atoms with Gasteiger partial charge in [0.05, 0.1) is 24.6 Å². The molecule has 0 radical (unpaired) electrons. The molecule has 21 heavy (non-hydrogen) atoms. The zero-order chi connectivity index (χ0) is 15.1. The van der Waals surface area contributed by atoms with Crippen LogP contribution in [0.2, 0.25) is 0 Å². The highest BCUT2D eigenvalue weighted by Gasteiger charge is 2.07. The Bertz CT molecular complexity index is 572. The summed E-state index contributed by atoms with van der Waals surface area (Å²) in [6.45, 7) is 4.33. The van der Waals surface area contributed by atoms with Crippen molar-refractivity contribution in [3.63, 3.8) is 0 Å². The summed E-state index contributed by atoms with van der Waals surface area (Å²) < 4.78 is 25.6. The van der Waals surface area contributed by atoms with E-state index in [9.17, 15) is 4.39 Å². The Morgan fingerprint density at radius 3 is 2.90 bits per heavy atom. The van der Waals surface area contributed by atoms with Crippen molar-refractivity contribution in [3.8, 4) is 11.4 Å². The van der Waals surface area contributed by atoms with Gasteiger partial charge in [-0.05, 0) is 25.1 Å². The maximum Gasteiger partial charge on any atom is 0.167 e. The average molecular weight is 293 g/mol. The maximum absolute atomic E-state index is 13.8. The Hall–Kier alpha value is -1.92. The van der Waals surface area contributed by atoms with Crippen molar-refractivity contribution in [1.29, 1.82) is 0 Å². The first-order chi connectivity index (χ1) is 10.2. The number of nitrogens with zero attached hydrogens (tertiary/aromatic N) is 2. The molecule has 1 aromatic heterocycles. The fraction of sp³-hybridized carbons (Fsp3) is 0.400. The van der Waals surface area contributed by atoms with E-state index in [-0.39, 0.29) is 11.6 Å². The van der Waals surface area contributed by atoms with Crippen molar-refractivity contribution in [2.45, 2.75) is 13.5 Å². The molecule has 6 heteroatoms. The van der Waals surface area contributed by atoms with E-state index >= 15 is 0 Å². The Labute approximate surface area is 123 Å². The Balaban J connectivity index is 2.02. The molecule has 1 N–H and O–H groups in total. The van der Waals surface area contributed by atoms with Crippen LogP contribution in [-0.4, -0.2) is 36.6 Å². The summed E-state index contributed by atoms with van der Waals surface area (Å²) in [6, 6.07) is 6.71. The molecule has 0 saturated carbocycles. The number of aromatic nitrogens is 2. The van der Waals surface area contributed by atoms with Crippen molar-refractivity contribution in [3.05, 3.63) is 42.0 Å². The van der Waals surface area contributed by atoms with Gasteiger partial charge in [0.25, 0.3) is 0 Å². The number of ether oxygens (including phenoxy) is 2. The highest BCUT2D eigenvalue weighted by atomic mass is 19.1. The number of methoxy groups -OCH3 is 1. The third-order valence-electron chi connectivity index (χ3n) is 2.91. The van der Waals surface area contributed by atoms with E-state index in [2.05, 4.69) is 10.4 Å². The first kappa shape index (κ1) is 15.5. The van der Waals surface area contributed by atoms with Gasteiger partial charge in [-0.1, -0.05) is 0 Å². The fourth-order valence-corrected chi connectivity index (χ4v) is 1.90. The Morgan fingerprint density at radius 2 is 2.19 bits per heavy atom. The highest BCUT2D eigenvalue weighted by molar-refractivity contribution is 5.38. The van der Waals surface area contributed by atoms with Gasteiger partial charge < -0.3 is 14.8 Å². The standard InChI is InChI=1S/C15H20FN3O2/c1-3-21-15-5-4-13(10-14(15)16)19-8-6-12(18-19)11-17-7-9-20-2/h4-6,8,10,17H,3,7,9,11H2,1-2H3. The minimum atomic E-state index is -0.385. The van der Waals surface area contributed by atoms with Crippen LogP contribution in [0, 0.1) is 5.82 Å². The van der Waals surface area contributed by atoms with Gasteiger partial charge >= 0.3 is 0 Å². The minimum absolute atomic E-state index is 0.259. The molecule has 0 aliphatic rings. The van der Waals surface area contributed by atoms with Crippen LogP contribution in [-0.2, 0) is 11.3 Å². The van der Waals surface area contributed by atoms with Gasteiger partial charge in [0.15, 0.2) is 11.6 Å². The highest BCUT2D eigenvalue weighted by Crippen LogP contribution is 2.20. The lowest BCUT2D eigenvalue weighted by molar-refractivity contribution is 0.199. The average Bonchev–Trinajstić information content (AvgIpc) is 2.95. The van der Waals surface area contributed by atoms with E-state index in [1.54, 1.807) is 23.9 Å². The van der Waals surface area contributed by atoms with Crippen LogP contribution in [0.15, 0.2) is 30.5 Å². The van der Waals surface area contributed by atoms with Crippen LogP contribution in [0.1, 0.15) is 12.6 Å². The molecule has 0 spiro atoms. The summed E-state index contributed by atoms with van der Waals surface area (Å²) in [5.41, 5.74) is 1.56. The van der Waals surface area contributed by atoms with Gasteiger partial charge in [0, 0.05) is 32.5 Å². The smallest absolute Gasteiger partial charge is 0.167 e. The maximum atomic E-state index is 13.8. The van der Waals surface area contributed by atoms with Crippen LogP contribution >= 0.6 is 0 Å². The first-order valence-electron chi connectivity index (χ1n) is 6.91. The number of benzene rings is 1. The van der Waals surface area contributed by atoms with Crippen LogP contribution in [0.25, 0.3) is 5.69 Å². The molecule has 0 aliphatic heterocycles. The zero-order valence-electron chi connectivity index (χ0n) is 12.3. The molecule has 0 bridgehead atoms. The van der Waals surface area contributed by atoms with Crippen LogP contribution in [0.3, 0.4) is 0 Å². The van der Waals surface area contributed by atoms with Crippen molar-refractivity contribution in [2.24, 2.45) is 0 Å². The summed E-state index contributed by atoms with van der Waals surface area (Å²) in [6.07, 6.45) is 1.81. The van der Waals surface area contributed by atoms with Gasteiger partial charge in [-0.3, -0.25) is 0 Å². The predicted octanol–water partition coefficient (Wildman–Crippen LogP) is 2.15. The molecule has 0 fully saturated rings. The molecule has 0 amide bonds. The molecular weight excluding hydrogens is 273 g/mol. The molecule has 0 atom stereocenters. The lowest BCUT2D eigenvalue weighted by Gasteiger charge is -2.07. The quantitative estimate of drug-likeness (QED) is 0.758. The van der Waals surface area contributed by atoms with Crippen LogP contribution in [0.4, 0.5) is 4.39 Å².